The first-order valence-electron chi connectivity index (χ1n) is 5.22. The van der Waals surface area contributed by atoms with E-state index in [9.17, 15) is 9.59 Å². The third kappa shape index (κ3) is 3.11. The first kappa shape index (κ1) is 12.2. The molecule has 0 aliphatic carbocycles. The van der Waals surface area contributed by atoms with E-state index in [0.29, 0.717) is 17.0 Å². The maximum atomic E-state index is 11.8. The molecule has 2 aromatic rings. The molecule has 2 heterocycles. The lowest BCUT2D eigenvalue weighted by molar-refractivity contribution is -0.115. The number of pyridine rings is 1. The van der Waals surface area contributed by atoms with Gasteiger partial charge in [-0.15, -0.1) is 11.3 Å². The van der Waals surface area contributed by atoms with Gasteiger partial charge in [-0.3, -0.25) is 14.6 Å². The highest BCUT2D eigenvalue weighted by molar-refractivity contribution is 7.14. The minimum atomic E-state index is -0.432. The van der Waals surface area contributed by atoms with Crippen LogP contribution in [0.15, 0.2) is 47.5 Å². The van der Waals surface area contributed by atoms with E-state index in [4.69, 9.17) is 0 Å². The number of carbonyl (C=O) groups is 2. The van der Waals surface area contributed by atoms with Crippen LogP contribution in [-0.2, 0) is 9.59 Å². The Bertz CT molecular complexity index is 562. The van der Waals surface area contributed by atoms with Crippen molar-refractivity contribution in [3.8, 4) is 0 Å². The largest absolute Gasteiger partial charge is 0.313 e. The quantitative estimate of drug-likeness (QED) is 0.396. The van der Waals surface area contributed by atoms with Crippen LogP contribution in [0.3, 0.4) is 0 Å². The molecule has 0 aliphatic heterocycles. The van der Waals surface area contributed by atoms with E-state index in [1.165, 1.54) is 17.4 Å². The predicted molar refractivity (Wildman–Crippen MR) is 71.2 cm³/mol. The van der Waals surface area contributed by atoms with Crippen LogP contribution >= 0.6 is 11.3 Å². The summed E-state index contributed by atoms with van der Waals surface area (Å²) >= 11 is 1.39. The summed E-state index contributed by atoms with van der Waals surface area (Å²) in [6.07, 6.45) is 3.58. The Balaban J connectivity index is 2.16. The van der Waals surface area contributed by atoms with Gasteiger partial charge >= 0.3 is 0 Å². The third-order valence-corrected chi connectivity index (χ3v) is 2.92. The van der Waals surface area contributed by atoms with E-state index in [1.54, 1.807) is 30.5 Å². The first-order chi connectivity index (χ1) is 8.79. The molecule has 1 N–H and O–H groups in total. The fourth-order valence-electron chi connectivity index (χ4n) is 1.31. The average molecular weight is 258 g/mol. The zero-order valence-corrected chi connectivity index (χ0v) is 10.2. The number of hydrogen-bond donors (Lipinski definition) is 1. The fraction of sp³-hybridized carbons (Fsp3) is 0. The number of nitrogens with zero attached hydrogens (tertiary/aromatic N) is 1. The zero-order valence-electron chi connectivity index (χ0n) is 9.37. The molecule has 0 radical (unpaired) electrons. The number of carbonyl (C=O) groups excluding carboxylic acids is 2. The van der Waals surface area contributed by atoms with E-state index in [2.05, 4.69) is 10.3 Å². The minimum Gasteiger partial charge on any atom is -0.313 e. The second-order valence-corrected chi connectivity index (χ2v) is 4.35. The number of thiophene rings is 1. The van der Waals surface area contributed by atoms with Gasteiger partial charge in [0.1, 0.15) is 0 Å². The van der Waals surface area contributed by atoms with Crippen molar-refractivity contribution < 1.29 is 9.59 Å². The first-order valence-corrected chi connectivity index (χ1v) is 6.10. The average Bonchev–Trinajstić information content (AvgIpc) is 2.90. The van der Waals surface area contributed by atoms with Gasteiger partial charge in [-0.05, 0) is 35.7 Å². The molecule has 1 amide bonds. The van der Waals surface area contributed by atoms with Gasteiger partial charge < -0.3 is 5.32 Å². The van der Waals surface area contributed by atoms with Crippen LogP contribution in [0.4, 0.5) is 5.00 Å². The summed E-state index contributed by atoms with van der Waals surface area (Å²) < 4.78 is 0. The van der Waals surface area contributed by atoms with Gasteiger partial charge in [0.05, 0.1) is 16.3 Å². The summed E-state index contributed by atoms with van der Waals surface area (Å²) in [6, 6.07) is 8.87. The van der Waals surface area contributed by atoms with Gasteiger partial charge in [-0.1, -0.05) is 6.07 Å². The van der Waals surface area contributed by atoms with E-state index >= 15 is 0 Å². The second-order valence-electron chi connectivity index (χ2n) is 3.40. The molecule has 0 atom stereocenters. The Morgan fingerprint density at radius 1 is 1.28 bits per heavy atom. The summed E-state index contributed by atoms with van der Waals surface area (Å²) in [6.45, 7) is 0. The molecule has 90 valence electrons. The van der Waals surface area contributed by atoms with Crippen molar-refractivity contribution >= 4 is 34.6 Å². The molecule has 0 fully saturated rings. The van der Waals surface area contributed by atoms with Crippen molar-refractivity contribution in [1.82, 2.24) is 4.98 Å². The van der Waals surface area contributed by atoms with E-state index in [1.807, 2.05) is 11.4 Å². The van der Waals surface area contributed by atoms with E-state index in [-0.39, 0.29) is 5.57 Å². The Morgan fingerprint density at radius 2 is 2.17 bits per heavy atom. The lowest BCUT2D eigenvalue weighted by atomic mass is 10.2. The normalized spacial score (nSPS) is 11.0. The molecule has 18 heavy (non-hydrogen) atoms. The number of nitrogens with one attached hydrogen (secondary N) is 1. The number of hydrogen-bond acceptors (Lipinski definition) is 4. The van der Waals surface area contributed by atoms with Crippen molar-refractivity contribution in [2.75, 3.05) is 5.32 Å². The van der Waals surface area contributed by atoms with Gasteiger partial charge in [0.2, 0.25) is 0 Å². The molecular formula is C13H10N2O2S. The molecule has 0 spiro atoms. The Morgan fingerprint density at radius 3 is 2.78 bits per heavy atom. The van der Waals surface area contributed by atoms with Crippen LogP contribution in [0.25, 0.3) is 6.08 Å². The van der Waals surface area contributed by atoms with Crippen LogP contribution < -0.4 is 5.32 Å². The fourth-order valence-corrected chi connectivity index (χ4v) is 1.92. The molecule has 0 aromatic carbocycles. The number of aldehydes is 1. The van der Waals surface area contributed by atoms with Crippen molar-refractivity contribution in [2.24, 2.45) is 0 Å². The molecule has 4 nitrogen and oxygen atoms in total. The molecule has 0 saturated heterocycles. The lowest BCUT2D eigenvalue weighted by Crippen LogP contribution is -2.14. The van der Waals surface area contributed by atoms with Gasteiger partial charge in [0.25, 0.3) is 5.91 Å². The number of rotatable bonds is 4. The summed E-state index contributed by atoms with van der Waals surface area (Å²) in [5.74, 6) is -0.432. The van der Waals surface area contributed by atoms with Crippen LogP contribution in [0, 0.1) is 0 Å². The minimum absolute atomic E-state index is 0.0436. The molecular weight excluding hydrogens is 248 g/mol. The van der Waals surface area contributed by atoms with Crippen molar-refractivity contribution in [3.63, 3.8) is 0 Å². The van der Waals surface area contributed by atoms with E-state index in [0.717, 1.165) is 0 Å². The maximum absolute atomic E-state index is 11.8. The smallest absolute Gasteiger partial charge is 0.259 e. The molecule has 0 saturated carbocycles. The summed E-state index contributed by atoms with van der Waals surface area (Å²) in [5, 5.41) is 5.19. The lowest BCUT2D eigenvalue weighted by Gasteiger charge is -2.01. The standard InChI is InChI=1S/C13H10N2O2S/c16-9-10(8-11-4-1-2-6-14-11)13(17)15-12-5-3-7-18-12/h1-9H,(H,15,17)/b10-8+. The summed E-state index contributed by atoms with van der Waals surface area (Å²) in [7, 11) is 0. The van der Waals surface area contributed by atoms with Crippen molar-refractivity contribution in [1.29, 1.82) is 0 Å². The van der Waals surface area contributed by atoms with Crippen LogP contribution in [0.5, 0.6) is 0 Å². The number of aromatic nitrogens is 1. The molecule has 0 unspecified atom stereocenters. The molecule has 0 bridgehead atoms. The van der Waals surface area contributed by atoms with Crippen LogP contribution in [-0.4, -0.2) is 17.2 Å². The predicted octanol–water partition coefficient (Wildman–Crippen LogP) is 2.36. The number of amides is 1. The zero-order chi connectivity index (χ0) is 12.8. The number of anilines is 1. The van der Waals surface area contributed by atoms with Crippen molar-refractivity contribution in [3.05, 3.63) is 53.2 Å². The summed E-state index contributed by atoms with van der Waals surface area (Å²) in [5.41, 5.74) is 0.614. The second kappa shape index (κ2) is 5.88. The van der Waals surface area contributed by atoms with Crippen molar-refractivity contribution in [2.45, 2.75) is 0 Å². The molecule has 2 rings (SSSR count). The van der Waals surface area contributed by atoms with Gasteiger partial charge in [-0.2, -0.15) is 0 Å². The topological polar surface area (TPSA) is 59.1 Å². The summed E-state index contributed by atoms with van der Waals surface area (Å²) in [4.78, 5) is 26.8. The Labute approximate surface area is 108 Å². The third-order valence-electron chi connectivity index (χ3n) is 2.14. The molecule has 5 heteroatoms. The van der Waals surface area contributed by atoms with Gasteiger partial charge in [0.15, 0.2) is 6.29 Å². The van der Waals surface area contributed by atoms with Crippen LogP contribution in [0.1, 0.15) is 5.69 Å². The van der Waals surface area contributed by atoms with Gasteiger partial charge in [0, 0.05) is 6.20 Å². The maximum Gasteiger partial charge on any atom is 0.259 e. The van der Waals surface area contributed by atoms with E-state index < -0.39 is 5.91 Å². The Kier molecular flexibility index (Phi) is 3.98. The van der Waals surface area contributed by atoms with Crippen LogP contribution in [0.2, 0.25) is 0 Å². The monoisotopic (exact) mass is 258 g/mol. The molecule has 0 aliphatic rings. The highest BCUT2D eigenvalue weighted by Gasteiger charge is 2.09. The van der Waals surface area contributed by atoms with Gasteiger partial charge in [-0.25, -0.2) is 0 Å². The molecule has 2 aromatic heterocycles. The highest BCUT2D eigenvalue weighted by atomic mass is 32.1. The SMILES string of the molecule is O=C/C(=C\c1ccccn1)C(=O)Nc1cccs1. The Hall–Kier alpha value is -2.27. The highest BCUT2D eigenvalue weighted by Crippen LogP contribution is 2.16.